The number of carbonyl (C=O) groups is 2. The molecule has 0 unspecified atom stereocenters. The fourth-order valence-corrected chi connectivity index (χ4v) is 3.78. The quantitative estimate of drug-likeness (QED) is 0.726. The Labute approximate surface area is 162 Å². The van der Waals surface area contributed by atoms with Crippen LogP contribution in [0.25, 0.3) is 10.9 Å². The van der Waals surface area contributed by atoms with Gasteiger partial charge in [-0.3, -0.25) is 9.59 Å². The van der Waals surface area contributed by atoms with Crippen LogP contribution in [0.5, 0.6) is 0 Å². The van der Waals surface area contributed by atoms with Crippen molar-refractivity contribution < 1.29 is 14.0 Å². The zero-order valence-electron chi connectivity index (χ0n) is 15.5. The Morgan fingerprint density at radius 1 is 1.18 bits per heavy atom. The predicted octanol–water partition coefficient (Wildman–Crippen LogP) is 3.73. The fraction of sp³-hybridized carbons (Fsp3) is 0.273. The maximum absolute atomic E-state index is 13.3. The molecule has 1 aromatic heterocycles. The van der Waals surface area contributed by atoms with E-state index < -0.39 is 5.82 Å². The Kier molecular flexibility index (Phi) is 5.10. The van der Waals surface area contributed by atoms with Crippen molar-refractivity contribution in [2.75, 3.05) is 18.4 Å². The molecule has 0 saturated carbocycles. The van der Waals surface area contributed by atoms with E-state index in [1.165, 1.54) is 12.1 Å². The number of H-pyrrole nitrogens is 1. The first-order valence-electron chi connectivity index (χ1n) is 9.49. The van der Waals surface area contributed by atoms with E-state index in [-0.39, 0.29) is 17.7 Å². The van der Waals surface area contributed by atoms with Gasteiger partial charge >= 0.3 is 0 Å². The molecule has 0 aliphatic carbocycles. The second-order valence-corrected chi connectivity index (χ2v) is 7.21. The summed E-state index contributed by atoms with van der Waals surface area (Å²) >= 11 is 0. The number of halogens is 1. The standard InChI is InChI=1S/C22H22FN3O2/c23-17-6-3-7-18(12-17)25-22(28)15-5-4-10-26(14-15)21(27)11-16-13-24-20-9-2-1-8-19(16)20/h1-3,6-9,12-13,15,24H,4-5,10-11,14H2,(H,25,28)/t15-/m0/s1. The van der Waals surface area contributed by atoms with Crippen LogP contribution in [0.3, 0.4) is 0 Å². The molecule has 0 bridgehead atoms. The number of nitrogens with one attached hydrogen (secondary N) is 2. The van der Waals surface area contributed by atoms with Crippen molar-refractivity contribution in [3.8, 4) is 0 Å². The van der Waals surface area contributed by atoms with Crippen molar-refractivity contribution in [2.45, 2.75) is 19.3 Å². The average Bonchev–Trinajstić information content (AvgIpc) is 3.11. The predicted molar refractivity (Wildman–Crippen MR) is 106 cm³/mol. The van der Waals surface area contributed by atoms with E-state index in [1.807, 2.05) is 30.5 Å². The molecule has 1 aliphatic rings. The van der Waals surface area contributed by atoms with Crippen molar-refractivity contribution in [1.29, 1.82) is 0 Å². The lowest BCUT2D eigenvalue weighted by Gasteiger charge is -2.32. The lowest BCUT2D eigenvalue weighted by atomic mass is 9.96. The van der Waals surface area contributed by atoms with Gasteiger partial charge in [-0.1, -0.05) is 24.3 Å². The molecule has 2 N–H and O–H groups in total. The van der Waals surface area contributed by atoms with E-state index >= 15 is 0 Å². The Hall–Kier alpha value is -3.15. The average molecular weight is 379 g/mol. The molecule has 4 rings (SSSR count). The number of carbonyl (C=O) groups excluding carboxylic acids is 2. The third kappa shape index (κ3) is 3.91. The van der Waals surface area contributed by atoms with Gasteiger partial charge in [-0.25, -0.2) is 4.39 Å². The van der Waals surface area contributed by atoms with Gasteiger partial charge < -0.3 is 15.2 Å². The maximum Gasteiger partial charge on any atom is 0.229 e. The number of piperidine rings is 1. The number of rotatable bonds is 4. The van der Waals surface area contributed by atoms with Crippen molar-refractivity contribution in [3.05, 3.63) is 66.1 Å². The van der Waals surface area contributed by atoms with Gasteiger partial charge in [0, 0.05) is 35.9 Å². The summed E-state index contributed by atoms with van der Waals surface area (Å²) in [6.45, 7) is 1.05. The monoisotopic (exact) mass is 379 g/mol. The second kappa shape index (κ2) is 7.84. The van der Waals surface area contributed by atoms with E-state index in [0.29, 0.717) is 25.2 Å². The topological polar surface area (TPSA) is 65.2 Å². The van der Waals surface area contributed by atoms with Crippen LogP contribution in [0.2, 0.25) is 0 Å². The number of aromatic nitrogens is 1. The van der Waals surface area contributed by atoms with Crippen LogP contribution in [0, 0.1) is 11.7 Å². The molecule has 144 valence electrons. The third-order valence-corrected chi connectivity index (χ3v) is 5.25. The number of hydrogen-bond donors (Lipinski definition) is 2. The summed E-state index contributed by atoms with van der Waals surface area (Å²) in [6.07, 6.45) is 3.68. The summed E-state index contributed by atoms with van der Waals surface area (Å²) in [4.78, 5) is 30.3. The number of para-hydroxylation sites is 1. The second-order valence-electron chi connectivity index (χ2n) is 7.21. The van der Waals surface area contributed by atoms with Gasteiger partial charge in [0.05, 0.1) is 12.3 Å². The van der Waals surface area contributed by atoms with Crippen LogP contribution in [0.4, 0.5) is 10.1 Å². The van der Waals surface area contributed by atoms with E-state index in [9.17, 15) is 14.0 Å². The molecule has 1 atom stereocenters. The first-order valence-corrected chi connectivity index (χ1v) is 9.49. The number of anilines is 1. The highest BCUT2D eigenvalue weighted by molar-refractivity contribution is 5.93. The van der Waals surface area contributed by atoms with Crippen LogP contribution in [0.1, 0.15) is 18.4 Å². The molecule has 2 amide bonds. The van der Waals surface area contributed by atoms with Crippen LogP contribution in [-0.2, 0) is 16.0 Å². The normalized spacial score (nSPS) is 16.9. The molecule has 0 spiro atoms. The zero-order chi connectivity index (χ0) is 19.5. The van der Waals surface area contributed by atoms with Crippen LogP contribution in [-0.4, -0.2) is 34.8 Å². The summed E-state index contributed by atoms with van der Waals surface area (Å²) < 4.78 is 13.3. The van der Waals surface area contributed by atoms with E-state index in [1.54, 1.807) is 17.0 Å². The molecule has 6 heteroatoms. The minimum absolute atomic E-state index is 0.0213. The van der Waals surface area contributed by atoms with Crippen LogP contribution in [0.15, 0.2) is 54.7 Å². The lowest BCUT2D eigenvalue weighted by molar-refractivity contribution is -0.133. The third-order valence-electron chi connectivity index (χ3n) is 5.25. The summed E-state index contributed by atoms with van der Waals surface area (Å²) in [5.41, 5.74) is 2.41. The molecule has 5 nitrogen and oxygen atoms in total. The largest absolute Gasteiger partial charge is 0.361 e. The smallest absolute Gasteiger partial charge is 0.229 e. The number of aromatic amines is 1. The maximum atomic E-state index is 13.3. The minimum Gasteiger partial charge on any atom is -0.361 e. The van der Waals surface area contributed by atoms with E-state index in [4.69, 9.17) is 0 Å². The summed E-state index contributed by atoms with van der Waals surface area (Å²) in [5.74, 6) is -0.830. The SMILES string of the molecule is O=C(Nc1cccc(F)c1)[C@H]1CCCN(C(=O)Cc2c[nH]c3ccccc23)C1. The Balaban J connectivity index is 1.40. The number of nitrogens with zero attached hydrogens (tertiary/aromatic N) is 1. The highest BCUT2D eigenvalue weighted by Crippen LogP contribution is 2.22. The number of fused-ring (bicyclic) bond motifs is 1. The molecular weight excluding hydrogens is 357 g/mol. The van der Waals surface area contributed by atoms with Gasteiger partial charge in [-0.05, 0) is 42.7 Å². The number of benzene rings is 2. The highest BCUT2D eigenvalue weighted by atomic mass is 19.1. The molecular formula is C22H22FN3O2. The molecule has 2 aromatic carbocycles. The Morgan fingerprint density at radius 3 is 2.89 bits per heavy atom. The number of amides is 2. The fourth-order valence-electron chi connectivity index (χ4n) is 3.78. The molecule has 2 heterocycles. The Morgan fingerprint density at radius 2 is 2.04 bits per heavy atom. The van der Waals surface area contributed by atoms with Gasteiger partial charge in [0.1, 0.15) is 5.82 Å². The van der Waals surface area contributed by atoms with Gasteiger partial charge in [0.15, 0.2) is 0 Å². The van der Waals surface area contributed by atoms with Crippen molar-refractivity contribution >= 4 is 28.4 Å². The molecule has 3 aromatic rings. The van der Waals surface area contributed by atoms with E-state index in [2.05, 4.69) is 10.3 Å². The molecule has 1 fully saturated rings. The molecule has 0 radical (unpaired) electrons. The summed E-state index contributed by atoms with van der Waals surface area (Å²) in [5, 5.41) is 3.81. The summed E-state index contributed by atoms with van der Waals surface area (Å²) in [7, 11) is 0. The van der Waals surface area contributed by atoms with E-state index in [0.717, 1.165) is 29.3 Å². The minimum atomic E-state index is -0.392. The van der Waals surface area contributed by atoms with Gasteiger partial charge in [-0.15, -0.1) is 0 Å². The number of likely N-dealkylation sites (tertiary alicyclic amines) is 1. The van der Waals surface area contributed by atoms with Gasteiger partial charge in [0.25, 0.3) is 0 Å². The zero-order valence-corrected chi connectivity index (χ0v) is 15.5. The first kappa shape index (κ1) is 18.2. The highest BCUT2D eigenvalue weighted by Gasteiger charge is 2.28. The lowest BCUT2D eigenvalue weighted by Crippen LogP contribution is -2.44. The first-order chi connectivity index (χ1) is 13.6. The number of hydrogen-bond acceptors (Lipinski definition) is 2. The van der Waals surface area contributed by atoms with Crippen LogP contribution < -0.4 is 5.32 Å². The Bertz CT molecular complexity index is 1010. The van der Waals surface area contributed by atoms with Crippen molar-refractivity contribution in [3.63, 3.8) is 0 Å². The summed E-state index contributed by atoms with van der Waals surface area (Å²) in [6, 6.07) is 13.7. The van der Waals surface area contributed by atoms with Crippen molar-refractivity contribution in [2.24, 2.45) is 5.92 Å². The molecule has 28 heavy (non-hydrogen) atoms. The van der Waals surface area contributed by atoms with Crippen molar-refractivity contribution in [1.82, 2.24) is 9.88 Å². The van der Waals surface area contributed by atoms with Gasteiger partial charge in [-0.2, -0.15) is 0 Å². The molecule has 1 aliphatic heterocycles. The molecule has 1 saturated heterocycles. The van der Waals surface area contributed by atoms with Crippen LogP contribution >= 0.6 is 0 Å². The van der Waals surface area contributed by atoms with Gasteiger partial charge in [0.2, 0.25) is 11.8 Å².